The number of hydrogen-bond donors (Lipinski definition) is 0. The predicted octanol–water partition coefficient (Wildman–Crippen LogP) is 0.762. The van der Waals surface area contributed by atoms with E-state index in [4.69, 9.17) is 9.47 Å². The Morgan fingerprint density at radius 3 is 2.68 bits per heavy atom. The van der Waals surface area contributed by atoms with Crippen LogP contribution in [0.2, 0.25) is 0 Å². The maximum absolute atomic E-state index is 12.4. The quantitative estimate of drug-likeness (QED) is 0.755. The molecule has 0 bridgehead atoms. The zero-order valence-electron chi connectivity index (χ0n) is 11.2. The molecule has 3 saturated heterocycles. The van der Waals surface area contributed by atoms with E-state index >= 15 is 0 Å². The Balaban J connectivity index is 1.54. The first-order valence-corrected chi connectivity index (χ1v) is 7.27. The van der Waals surface area contributed by atoms with Crippen molar-refractivity contribution in [1.29, 1.82) is 0 Å². The number of ketones is 2. The molecule has 3 fully saturated rings. The minimum Gasteiger partial charge on any atom is -0.350 e. The fourth-order valence-electron chi connectivity index (χ4n) is 3.35. The molecule has 3 rings (SSSR count). The molecule has 0 aromatic heterocycles. The van der Waals surface area contributed by atoms with E-state index < -0.39 is 0 Å². The molecule has 19 heavy (non-hydrogen) atoms. The molecular formula is C14H21NO4. The Morgan fingerprint density at radius 2 is 1.89 bits per heavy atom. The summed E-state index contributed by atoms with van der Waals surface area (Å²) in [5.74, 6) is 0.579. The Morgan fingerprint density at radius 1 is 1.11 bits per heavy atom. The molecule has 106 valence electrons. The molecule has 5 heteroatoms. The zero-order chi connectivity index (χ0) is 13.2. The van der Waals surface area contributed by atoms with Crippen molar-refractivity contribution in [3.63, 3.8) is 0 Å². The maximum Gasteiger partial charge on any atom is 0.157 e. The molecule has 5 nitrogen and oxygen atoms in total. The van der Waals surface area contributed by atoms with Crippen LogP contribution < -0.4 is 0 Å². The largest absolute Gasteiger partial charge is 0.350 e. The van der Waals surface area contributed by atoms with Crippen LogP contribution in [0.25, 0.3) is 0 Å². The lowest BCUT2D eigenvalue weighted by Crippen LogP contribution is -2.53. The standard InChI is InChI=1S/C14H21NO4/c16-11-4-6-15-5-3-10(14(17)12(15)9-11)1-2-13-18-7-8-19-13/h10,12-13H,1-9H2. The van der Waals surface area contributed by atoms with Crippen molar-refractivity contribution in [1.82, 2.24) is 4.90 Å². The van der Waals surface area contributed by atoms with Crippen LogP contribution in [0.4, 0.5) is 0 Å². The average Bonchev–Trinajstić information content (AvgIpc) is 2.92. The van der Waals surface area contributed by atoms with Crippen molar-refractivity contribution >= 4 is 11.6 Å². The number of carbonyl (C=O) groups is 2. The Labute approximate surface area is 113 Å². The van der Waals surface area contributed by atoms with Crippen molar-refractivity contribution < 1.29 is 19.1 Å². The molecule has 0 radical (unpaired) electrons. The van der Waals surface area contributed by atoms with Gasteiger partial charge in [-0.3, -0.25) is 14.5 Å². The number of carbonyl (C=O) groups excluding carboxylic acids is 2. The third-order valence-corrected chi connectivity index (χ3v) is 4.48. The van der Waals surface area contributed by atoms with E-state index in [0.29, 0.717) is 26.1 Å². The number of fused-ring (bicyclic) bond motifs is 1. The highest BCUT2D eigenvalue weighted by Gasteiger charge is 2.39. The Hall–Kier alpha value is -0.780. The van der Waals surface area contributed by atoms with Crippen molar-refractivity contribution in [2.24, 2.45) is 5.92 Å². The van der Waals surface area contributed by atoms with Gasteiger partial charge < -0.3 is 9.47 Å². The van der Waals surface area contributed by atoms with E-state index in [-0.39, 0.29) is 29.8 Å². The third kappa shape index (κ3) is 2.88. The van der Waals surface area contributed by atoms with Gasteiger partial charge in [0.1, 0.15) is 5.78 Å². The van der Waals surface area contributed by atoms with Crippen LogP contribution in [-0.2, 0) is 19.1 Å². The summed E-state index contributed by atoms with van der Waals surface area (Å²) in [7, 11) is 0. The number of Topliss-reactive ketones (excluding diaryl/α,β-unsaturated/α-hetero) is 2. The van der Waals surface area contributed by atoms with Gasteiger partial charge in [-0.1, -0.05) is 0 Å². The molecule has 3 aliphatic rings. The van der Waals surface area contributed by atoms with E-state index in [9.17, 15) is 9.59 Å². The summed E-state index contributed by atoms with van der Waals surface area (Å²) in [5.41, 5.74) is 0. The Bertz CT molecular complexity index is 364. The van der Waals surface area contributed by atoms with Crippen LogP contribution >= 0.6 is 0 Å². The molecule has 0 aromatic carbocycles. The highest BCUT2D eigenvalue weighted by atomic mass is 16.7. The average molecular weight is 267 g/mol. The lowest BCUT2D eigenvalue weighted by atomic mass is 9.82. The fourth-order valence-corrected chi connectivity index (χ4v) is 3.35. The fraction of sp³-hybridized carbons (Fsp3) is 0.857. The molecule has 3 aliphatic heterocycles. The number of nitrogens with zero attached hydrogens (tertiary/aromatic N) is 1. The maximum atomic E-state index is 12.4. The van der Waals surface area contributed by atoms with Gasteiger partial charge in [-0.25, -0.2) is 0 Å². The Kier molecular flexibility index (Phi) is 3.96. The number of rotatable bonds is 3. The van der Waals surface area contributed by atoms with Crippen molar-refractivity contribution in [2.75, 3.05) is 26.3 Å². The van der Waals surface area contributed by atoms with Crippen LogP contribution in [0, 0.1) is 5.92 Å². The normalized spacial score (nSPS) is 33.7. The summed E-state index contributed by atoms with van der Waals surface area (Å²) in [6.07, 6.45) is 3.43. The molecule has 2 unspecified atom stereocenters. The number of ether oxygens (including phenoxy) is 2. The van der Waals surface area contributed by atoms with E-state index in [0.717, 1.165) is 32.4 Å². The van der Waals surface area contributed by atoms with Crippen molar-refractivity contribution in [3.05, 3.63) is 0 Å². The molecule has 3 heterocycles. The predicted molar refractivity (Wildman–Crippen MR) is 67.6 cm³/mol. The van der Waals surface area contributed by atoms with Gasteiger partial charge in [0.05, 0.1) is 19.3 Å². The summed E-state index contributed by atoms with van der Waals surface area (Å²) < 4.78 is 10.8. The van der Waals surface area contributed by atoms with Gasteiger partial charge in [0.25, 0.3) is 0 Å². The molecule has 0 amide bonds. The highest BCUT2D eigenvalue weighted by molar-refractivity contribution is 5.93. The van der Waals surface area contributed by atoms with Gasteiger partial charge in [-0.05, 0) is 25.8 Å². The second kappa shape index (κ2) is 5.69. The van der Waals surface area contributed by atoms with Gasteiger partial charge in [0.15, 0.2) is 12.1 Å². The minimum absolute atomic E-state index is 0.0833. The summed E-state index contributed by atoms with van der Waals surface area (Å²) in [5, 5.41) is 0. The molecule has 0 N–H and O–H groups in total. The van der Waals surface area contributed by atoms with Crippen LogP contribution in [0.5, 0.6) is 0 Å². The first kappa shape index (κ1) is 13.2. The number of hydrogen-bond acceptors (Lipinski definition) is 5. The monoisotopic (exact) mass is 267 g/mol. The topological polar surface area (TPSA) is 55.8 Å². The van der Waals surface area contributed by atoms with Crippen molar-refractivity contribution in [3.8, 4) is 0 Å². The van der Waals surface area contributed by atoms with Crippen molar-refractivity contribution in [2.45, 2.75) is 44.4 Å². The lowest BCUT2D eigenvalue weighted by Gasteiger charge is -2.40. The van der Waals surface area contributed by atoms with E-state index in [1.54, 1.807) is 0 Å². The van der Waals surface area contributed by atoms with E-state index in [1.165, 1.54) is 0 Å². The smallest absolute Gasteiger partial charge is 0.157 e. The molecule has 0 aliphatic carbocycles. The third-order valence-electron chi connectivity index (χ3n) is 4.48. The highest BCUT2D eigenvalue weighted by Crippen LogP contribution is 2.29. The van der Waals surface area contributed by atoms with E-state index in [2.05, 4.69) is 4.90 Å². The second-order valence-electron chi connectivity index (χ2n) is 5.68. The molecule has 0 aromatic rings. The van der Waals surface area contributed by atoms with Crippen LogP contribution in [0.15, 0.2) is 0 Å². The van der Waals surface area contributed by atoms with Gasteiger partial charge in [-0.2, -0.15) is 0 Å². The minimum atomic E-state index is -0.148. The zero-order valence-corrected chi connectivity index (χ0v) is 11.2. The number of piperidine rings is 2. The lowest BCUT2D eigenvalue weighted by molar-refractivity contribution is -0.139. The molecule has 0 spiro atoms. The van der Waals surface area contributed by atoms with Crippen LogP contribution in [0.1, 0.15) is 32.1 Å². The summed E-state index contributed by atoms with van der Waals surface area (Å²) in [6.45, 7) is 3.03. The molecular weight excluding hydrogens is 246 g/mol. The van der Waals surface area contributed by atoms with Crippen LogP contribution in [0.3, 0.4) is 0 Å². The molecule has 2 atom stereocenters. The summed E-state index contributed by atoms with van der Waals surface area (Å²) in [4.78, 5) is 26.1. The van der Waals surface area contributed by atoms with Crippen LogP contribution in [-0.4, -0.2) is 55.1 Å². The van der Waals surface area contributed by atoms with E-state index in [1.807, 2.05) is 0 Å². The molecule has 0 saturated carbocycles. The first-order chi connectivity index (χ1) is 9.24. The first-order valence-electron chi connectivity index (χ1n) is 7.27. The van der Waals surface area contributed by atoms with Gasteiger partial charge in [0, 0.05) is 25.3 Å². The summed E-state index contributed by atoms with van der Waals surface area (Å²) >= 11 is 0. The van der Waals surface area contributed by atoms with Gasteiger partial charge in [0.2, 0.25) is 0 Å². The van der Waals surface area contributed by atoms with Gasteiger partial charge in [-0.15, -0.1) is 0 Å². The summed E-state index contributed by atoms with van der Waals surface area (Å²) in [6, 6.07) is -0.148. The SMILES string of the molecule is O=C1CCN2CCC(CCC3OCCO3)C(=O)C2C1. The van der Waals surface area contributed by atoms with Gasteiger partial charge >= 0.3 is 0 Å². The second-order valence-corrected chi connectivity index (χ2v) is 5.68.